The topological polar surface area (TPSA) is 146 Å². The first-order valence-corrected chi connectivity index (χ1v) is 23.9. The maximum absolute atomic E-state index is 12.7. The van der Waals surface area contributed by atoms with Crippen LogP contribution in [-0.2, 0) is 37.5 Å². The third-order valence-electron chi connectivity index (χ3n) is 9.65. The fourth-order valence-electron chi connectivity index (χ4n) is 5.99. The van der Waals surface area contributed by atoms with Gasteiger partial charge in [0.15, 0.2) is 11.9 Å². The van der Waals surface area contributed by atoms with Crippen LogP contribution in [0.1, 0.15) is 129 Å². The summed E-state index contributed by atoms with van der Waals surface area (Å²) in [6, 6.07) is 0. The van der Waals surface area contributed by atoms with Crippen LogP contribution in [0.15, 0.2) is 85.1 Å². The highest BCUT2D eigenvalue weighted by molar-refractivity contribution is 7.47. The van der Waals surface area contributed by atoms with Crippen molar-refractivity contribution in [3.8, 4) is 0 Å². The van der Waals surface area contributed by atoms with Crippen LogP contribution < -0.4 is 0 Å². The van der Waals surface area contributed by atoms with E-state index in [1.165, 1.54) is 19.3 Å². The zero-order chi connectivity index (χ0) is 44.3. The number of esters is 2. The van der Waals surface area contributed by atoms with Crippen LogP contribution in [0.3, 0.4) is 0 Å². The molecule has 0 saturated heterocycles. The minimum Gasteiger partial charge on any atom is -0.462 e. The minimum atomic E-state index is -4.45. The fourth-order valence-corrected chi connectivity index (χ4v) is 6.74. The number of rotatable bonds is 36. The molecule has 0 aromatic rings. The van der Waals surface area contributed by atoms with E-state index in [2.05, 4.69) is 56.4 Å². The number of carbonyl (C=O) groups is 3. The quantitative estimate of drug-likeness (QED) is 0.0205. The van der Waals surface area contributed by atoms with Crippen molar-refractivity contribution in [1.82, 2.24) is 0 Å². The highest BCUT2D eigenvalue weighted by Crippen LogP contribution is 2.43. The molecular formula is C48H79NO10P+. The van der Waals surface area contributed by atoms with Gasteiger partial charge in [0.25, 0.3) is 0 Å². The average molecular weight is 861 g/mol. The SMILES string of the molecule is CCCCC/C=C\C/C=C\C/C=C\C/C=C\CCCC(=O)O[C@H](COC(=O)CCC/C=C\C[C@H]1C=CC(=O)[C@@H]1/C=C/[C@@H](O)CCCCC)COP(=O)(O)OCC[N+](C)(C)C. The van der Waals surface area contributed by atoms with E-state index in [1.54, 1.807) is 12.2 Å². The molecule has 0 aromatic heterocycles. The van der Waals surface area contributed by atoms with E-state index in [0.29, 0.717) is 49.6 Å². The number of unbranched alkanes of at least 4 members (excludes halogenated alkanes) is 7. The predicted octanol–water partition coefficient (Wildman–Crippen LogP) is 10.4. The number of allylic oxidation sites excluding steroid dienone is 13. The summed E-state index contributed by atoms with van der Waals surface area (Å²) in [5.74, 6) is -1.24. The molecule has 0 heterocycles. The average Bonchev–Trinajstić information content (AvgIpc) is 3.55. The number of hydrogen-bond acceptors (Lipinski definition) is 9. The Morgan fingerprint density at radius 2 is 1.33 bits per heavy atom. The lowest BCUT2D eigenvalue weighted by atomic mass is 9.90. The number of ether oxygens (including phenoxy) is 2. The van der Waals surface area contributed by atoms with Crippen molar-refractivity contribution in [2.45, 2.75) is 142 Å². The number of nitrogens with zero attached hydrogens (tertiary/aromatic N) is 1. The van der Waals surface area contributed by atoms with E-state index >= 15 is 0 Å². The van der Waals surface area contributed by atoms with Gasteiger partial charge in [-0.1, -0.05) is 125 Å². The van der Waals surface area contributed by atoms with Gasteiger partial charge in [0.2, 0.25) is 0 Å². The lowest BCUT2D eigenvalue weighted by molar-refractivity contribution is -0.870. The zero-order valence-corrected chi connectivity index (χ0v) is 38.4. The Kier molecular flexibility index (Phi) is 31.5. The normalized spacial score (nSPS) is 18.3. The molecule has 1 unspecified atom stereocenters. The van der Waals surface area contributed by atoms with Crippen LogP contribution in [0.2, 0.25) is 0 Å². The van der Waals surface area contributed by atoms with Gasteiger partial charge < -0.3 is 24.0 Å². The van der Waals surface area contributed by atoms with Gasteiger partial charge in [-0.2, -0.15) is 0 Å². The number of aliphatic hydroxyl groups excluding tert-OH is 1. The number of ketones is 1. The summed E-state index contributed by atoms with van der Waals surface area (Å²) in [5.41, 5.74) is 0. The van der Waals surface area contributed by atoms with E-state index in [4.69, 9.17) is 18.5 Å². The van der Waals surface area contributed by atoms with E-state index in [9.17, 15) is 28.9 Å². The molecule has 12 heteroatoms. The molecule has 11 nitrogen and oxygen atoms in total. The van der Waals surface area contributed by atoms with Crippen LogP contribution in [0.5, 0.6) is 0 Å². The number of carbonyl (C=O) groups excluding carboxylic acids is 3. The van der Waals surface area contributed by atoms with E-state index in [1.807, 2.05) is 51.5 Å². The molecule has 0 fully saturated rings. The van der Waals surface area contributed by atoms with Crippen LogP contribution in [-0.4, -0.2) is 91.9 Å². The second-order valence-electron chi connectivity index (χ2n) is 16.4. The first-order valence-electron chi connectivity index (χ1n) is 22.4. The molecular weight excluding hydrogens is 781 g/mol. The van der Waals surface area contributed by atoms with E-state index in [0.717, 1.165) is 44.9 Å². The fraction of sp³-hybridized carbons (Fsp3) is 0.646. The molecule has 5 atom stereocenters. The summed E-state index contributed by atoms with van der Waals surface area (Å²) >= 11 is 0. The number of quaternary nitrogens is 1. The molecule has 0 saturated carbocycles. The van der Waals surface area contributed by atoms with Crippen molar-refractivity contribution >= 4 is 25.5 Å². The van der Waals surface area contributed by atoms with Gasteiger partial charge >= 0.3 is 19.8 Å². The Labute approximate surface area is 362 Å². The smallest absolute Gasteiger partial charge is 0.462 e. The number of phosphoric ester groups is 1. The maximum atomic E-state index is 12.7. The van der Waals surface area contributed by atoms with Crippen LogP contribution >= 0.6 is 7.82 Å². The molecule has 0 aliphatic heterocycles. The van der Waals surface area contributed by atoms with Gasteiger partial charge in [-0.25, -0.2) is 4.57 Å². The standard InChI is InChI=1S/C48H78NO10P/c1-6-8-10-11-12-13-14-15-16-17-18-19-20-21-22-23-29-33-48(53)59-44(41-58-60(54,55)57-39-38-49(3,4)5)40-56-47(52)32-28-25-24-27-30-42-34-37-46(51)45(42)36-35-43(50)31-26-9-7-2/h12-13,15-16,18-19,21-22,24,27,34-37,42-45,50H,6-11,14,17,20,23,25-26,28-33,38-41H2,1-5H3/p+1/b13-12-,16-15-,19-18-,22-21-,27-24-,36-35+/t42-,43-,44+,45+/m0/s1. The molecule has 340 valence electrons. The Balaban J connectivity index is 2.51. The maximum Gasteiger partial charge on any atom is 0.472 e. The molecule has 0 spiro atoms. The summed E-state index contributed by atoms with van der Waals surface area (Å²) in [6.07, 6.45) is 41.3. The Morgan fingerprint density at radius 1 is 0.767 bits per heavy atom. The summed E-state index contributed by atoms with van der Waals surface area (Å²) in [6.45, 7) is 3.97. The molecule has 1 aliphatic rings. The Bertz CT molecular complexity index is 1440. The van der Waals surface area contributed by atoms with E-state index < -0.39 is 38.6 Å². The van der Waals surface area contributed by atoms with Gasteiger partial charge in [-0.05, 0) is 82.6 Å². The molecule has 0 aromatic carbocycles. The summed E-state index contributed by atoms with van der Waals surface area (Å²) < 4.78 is 34.2. The van der Waals surface area contributed by atoms with Crippen molar-refractivity contribution in [3.63, 3.8) is 0 Å². The van der Waals surface area contributed by atoms with Crippen LogP contribution in [0.25, 0.3) is 0 Å². The van der Waals surface area contributed by atoms with Crippen LogP contribution in [0.4, 0.5) is 0 Å². The molecule has 60 heavy (non-hydrogen) atoms. The zero-order valence-electron chi connectivity index (χ0n) is 37.5. The van der Waals surface area contributed by atoms with Crippen molar-refractivity contribution in [2.75, 3.05) is 47.5 Å². The van der Waals surface area contributed by atoms with Crippen molar-refractivity contribution in [2.24, 2.45) is 11.8 Å². The lowest BCUT2D eigenvalue weighted by Gasteiger charge is -2.24. The summed E-state index contributed by atoms with van der Waals surface area (Å²) in [7, 11) is 1.32. The predicted molar refractivity (Wildman–Crippen MR) is 242 cm³/mol. The summed E-state index contributed by atoms with van der Waals surface area (Å²) in [5, 5.41) is 10.2. The third kappa shape index (κ3) is 31.7. The molecule has 0 radical (unpaired) electrons. The minimum absolute atomic E-state index is 0.0148. The largest absolute Gasteiger partial charge is 0.472 e. The van der Waals surface area contributed by atoms with Crippen molar-refractivity contribution in [1.29, 1.82) is 0 Å². The number of phosphoric acid groups is 1. The number of likely N-dealkylation sites (N-methyl/N-ethyl adjacent to an activating group) is 1. The lowest BCUT2D eigenvalue weighted by Crippen LogP contribution is -2.37. The highest BCUT2D eigenvalue weighted by Gasteiger charge is 2.28. The molecule has 1 rings (SSSR count). The second-order valence-corrected chi connectivity index (χ2v) is 17.8. The molecule has 0 amide bonds. The molecule has 2 N–H and O–H groups in total. The Hall–Kier alpha value is -3.18. The molecule has 0 bridgehead atoms. The third-order valence-corrected chi connectivity index (χ3v) is 10.6. The van der Waals surface area contributed by atoms with Crippen molar-refractivity contribution in [3.05, 3.63) is 85.1 Å². The first-order chi connectivity index (χ1) is 28.8. The monoisotopic (exact) mass is 861 g/mol. The van der Waals surface area contributed by atoms with Crippen LogP contribution in [0, 0.1) is 11.8 Å². The first kappa shape index (κ1) is 54.8. The van der Waals surface area contributed by atoms with Gasteiger partial charge in [-0.3, -0.25) is 23.4 Å². The number of hydrogen-bond donors (Lipinski definition) is 2. The summed E-state index contributed by atoms with van der Waals surface area (Å²) in [4.78, 5) is 47.9. The molecule has 1 aliphatic carbocycles. The Morgan fingerprint density at radius 3 is 1.95 bits per heavy atom. The van der Waals surface area contributed by atoms with Crippen molar-refractivity contribution < 1.29 is 52.0 Å². The van der Waals surface area contributed by atoms with Gasteiger partial charge in [-0.15, -0.1) is 0 Å². The van der Waals surface area contributed by atoms with Gasteiger partial charge in [0.1, 0.15) is 19.8 Å². The van der Waals surface area contributed by atoms with Gasteiger partial charge in [0, 0.05) is 18.8 Å². The van der Waals surface area contributed by atoms with E-state index in [-0.39, 0.29) is 43.7 Å². The second kappa shape index (κ2) is 34.4. The number of aliphatic hydroxyl groups is 1. The highest BCUT2D eigenvalue weighted by atomic mass is 31.2. The van der Waals surface area contributed by atoms with Gasteiger partial charge in [0.05, 0.1) is 33.9 Å².